The van der Waals surface area contributed by atoms with Crippen LogP contribution in [0.5, 0.6) is 0 Å². The van der Waals surface area contributed by atoms with Crippen molar-refractivity contribution >= 4 is 11.9 Å². The van der Waals surface area contributed by atoms with Gasteiger partial charge >= 0.3 is 11.9 Å². The third-order valence-electron chi connectivity index (χ3n) is 6.96. The topological polar surface area (TPSA) is 63.6 Å². The lowest BCUT2D eigenvalue weighted by Gasteiger charge is -2.05. The molecular formula is C37H62O4. The zero-order valence-corrected chi connectivity index (χ0v) is 26.4. The fraction of sp³-hybridized carbons (Fsp3) is 0.676. The summed E-state index contributed by atoms with van der Waals surface area (Å²) in [5, 5.41) is 8.62. The van der Waals surface area contributed by atoms with Gasteiger partial charge in [0.25, 0.3) is 0 Å². The molecule has 0 heterocycles. The summed E-state index contributed by atoms with van der Waals surface area (Å²) >= 11 is 0. The number of hydrogen-bond acceptors (Lipinski definition) is 3. The molecular weight excluding hydrogens is 508 g/mol. The molecule has 0 spiro atoms. The maximum Gasteiger partial charge on any atom is 0.305 e. The summed E-state index contributed by atoms with van der Waals surface area (Å²) in [6.45, 7) is 2.73. The fourth-order valence-corrected chi connectivity index (χ4v) is 4.48. The lowest BCUT2D eigenvalue weighted by molar-refractivity contribution is -0.144. The Morgan fingerprint density at radius 3 is 1.37 bits per heavy atom. The van der Waals surface area contributed by atoms with Gasteiger partial charge in [0, 0.05) is 12.8 Å². The molecule has 0 saturated heterocycles. The molecule has 0 aliphatic carbocycles. The second-order valence-electron chi connectivity index (χ2n) is 10.9. The molecule has 0 saturated carbocycles. The molecule has 0 aromatic rings. The molecule has 0 bridgehead atoms. The summed E-state index contributed by atoms with van der Waals surface area (Å²) in [6, 6.07) is 0. The van der Waals surface area contributed by atoms with Crippen LogP contribution in [0.1, 0.15) is 155 Å². The molecule has 0 aliphatic heterocycles. The highest BCUT2D eigenvalue weighted by Crippen LogP contribution is 2.13. The van der Waals surface area contributed by atoms with E-state index in [4.69, 9.17) is 9.84 Å². The van der Waals surface area contributed by atoms with Crippen molar-refractivity contribution in [2.75, 3.05) is 6.61 Å². The van der Waals surface area contributed by atoms with Gasteiger partial charge in [-0.25, -0.2) is 0 Å². The van der Waals surface area contributed by atoms with Crippen LogP contribution in [-0.4, -0.2) is 23.7 Å². The minimum Gasteiger partial charge on any atom is -0.481 e. The molecule has 0 radical (unpaired) electrons. The molecule has 1 N–H and O–H groups in total. The summed E-state index contributed by atoms with van der Waals surface area (Å²) in [5.41, 5.74) is 0. The average Bonchev–Trinajstić information content (AvgIpc) is 2.96. The number of allylic oxidation sites excluding steroid dienone is 10. The third kappa shape index (κ3) is 35.6. The Kier molecular flexibility index (Phi) is 31.9. The number of carboxylic acids is 1. The largest absolute Gasteiger partial charge is 0.481 e. The van der Waals surface area contributed by atoms with Gasteiger partial charge in [-0.3, -0.25) is 9.59 Å². The number of carbonyl (C=O) groups excluding carboxylic acids is 1. The molecule has 0 aromatic carbocycles. The summed E-state index contributed by atoms with van der Waals surface area (Å²) in [6.07, 6.45) is 46.5. The Morgan fingerprint density at radius 1 is 0.488 bits per heavy atom. The highest BCUT2D eigenvalue weighted by molar-refractivity contribution is 5.69. The SMILES string of the molecule is CC/C=C\C/C=C\C/C=C\C/C=C\C/C=C\CCCCCC(=O)OCCCCCCCCCCCCCCC(=O)O. The van der Waals surface area contributed by atoms with Gasteiger partial charge in [0.2, 0.25) is 0 Å². The van der Waals surface area contributed by atoms with Crippen molar-refractivity contribution in [3.8, 4) is 0 Å². The Labute approximate surface area is 253 Å². The maximum absolute atomic E-state index is 11.9. The molecule has 4 nitrogen and oxygen atoms in total. The average molecular weight is 571 g/mol. The predicted octanol–water partition coefficient (Wildman–Crippen LogP) is 11.4. The molecule has 0 fully saturated rings. The first-order valence-corrected chi connectivity index (χ1v) is 16.8. The van der Waals surface area contributed by atoms with Crippen LogP contribution in [-0.2, 0) is 14.3 Å². The predicted molar refractivity (Wildman–Crippen MR) is 176 cm³/mol. The quantitative estimate of drug-likeness (QED) is 0.0530. The summed E-state index contributed by atoms with van der Waals surface area (Å²) in [4.78, 5) is 22.4. The lowest BCUT2D eigenvalue weighted by Crippen LogP contribution is -2.05. The first-order chi connectivity index (χ1) is 20.2. The number of esters is 1. The van der Waals surface area contributed by atoms with Crippen LogP contribution < -0.4 is 0 Å². The second-order valence-corrected chi connectivity index (χ2v) is 10.9. The lowest BCUT2D eigenvalue weighted by atomic mass is 10.0. The fourth-order valence-electron chi connectivity index (χ4n) is 4.48. The zero-order valence-electron chi connectivity index (χ0n) is 26.4. The highest BCUT2D eigenvalue weighted by atomic mass is 16.5. The van der Waals surface area contributed by atoms with Gasteiger partial charge in [-0.1, -0.05) is 138 Å². The number of aliphatic carboxylic acids is 1. The van der Waals surface area contributed by atoms with E-state index in [-0.39, 0.29) is 5.97 Å². The smallest absolute Gasteiger partial charge is 0.305 e. The number of carboxylic acid groups (broad SMARTS) is 1. The van der Waals surface area contributed by atoms with Gasteiger partial charge in [-0.05, 0) is 64.2 Å². The number of ether oxygens (including phenoxy) is 1. The Balaban J connectivity index is 3.35. The van der Waals surface area contributed by atoms with Crippen molar-refractivity contribution in [3.05, 3.63) is 60.8 Å². The van der Waals surface area contributed by atoms with E-state index in [9.17, 15) is 9.59 Å². The highest BCUT2D eigenvalue weighted by Gasteiger charge is 2.02. The number of hydrogen-bond donors (Lipinski definition) is 1. The molecule has 0 unspecified atom stereocenters. The monoisotopic (exact) mass is 570 g/mol. The number of rotatable bonds is 30. The molecule has 41 heavy (non-hydrogen) atoms. The van der Waals surface area contributed by atoms with Gasteiger partial charge in [-0.15, -0.1) is 0 Å². The van der Waals surface area contributed by atoms with E-state index in [2.05, 4.69) is 67.7 Å². The second kappa shape index (κ2) is 33.8. The third-order valence-corrected chi connectivity index (χ3v) is 6.96. The Hall–Kier alpha value is -2.36. The molecule has 4 heteroatoms. The minimum atomic E-state index is -0.678. The van der Waals surface area contributed by atoms with E-state index >= 15 is 0 Å². The molecule has 0 atom stereocenters. The van der Waals surface area contributed by atoms with Gasteiger partial charge in [-0.2, -0.15) is 0 Å². The first-order valence-electron chi connectivity index (χ1n) is 16.8. The summed E-state index contributed by atoms with van der Waals surface area (Å²) in [5.74, 6) is -0.717. The number of unbranched alkanes of at least 4 members (excludes halogenated alkanes) is 14. The van der Waals surface area contributed by atoms with Gasteiger partial charge in [0.05, 0.1) is 6.61 Å². The number of carbonyl (C=O) groups is 2. The van der Waals surface area contributed by atoms with E-state index in [1.165, 1.54) is 44.9 Å². The van der Waals surface area contributed by atoms with Crippen LogP contribution in [0.25, 0.3) is 0 Å². The van der Waals surface area contributed by atoms with Crippen molar-refractivity contribution in [1.82, 2.24) is 0 Å². The van der Waals surface area contributed by atoms with E-state index in [1.54, 1.807) is 0 Å². The Morgan fingerprint density at radius 2 is 0.878 bits per heavy atom. The van der Waals surface area contributed by atoms with E-state index < -0.39 is 5.97 Å². The van der Waals surface area contributed by atoms with Crippen LogP contribution >= 0.6 is 0 Å². The molecule has 0 aromatic heterocycles. The molecule has 234 valence electrons. The van der Waals surface area contributed by atoms with Crippen LogP contribution in [0.15, 0.2) is 60.8 Å². The Bertz CT molecular complexity index is 729. The maximum atomic E-state index is 11.9. The van der Waals surface area contributed by atoms with Crippen LogP contribution in [0.2, 0.25) is 0 Å². The van der Waals surface area contributed by atoms with Crippen molar-refractivity contribution in [1.29, 1.82) is 0 Å². The van der Waals surface area contributed by atoms with Crippen molar-refractivity contribution in [2.24, 2.45) is 0 Å². The van der Waals surface area contributed by atoms with Crippen LogP contribution in [0, 0.1) is 0 Å². The van der Waals surface area contributed by atoms with Gasteiger partial charge in [0.15, 0.2) is 0 Å². The standard InChI is InChI=1S/C37H62O4/c1-2-3-4-5-6-7-8-9-10-11-12-13-14-15-19-22-25-28-31-34-37(40)41-35-32-29-26-23-20-17-16-18-21-24-27-30-33-36(38)39/h3-4,6-7,9-10,12-13,15,19H,2,5,8,11,14,16-18,20-35H2,1H3,(H,38,39)/b4-3-,7-6-,10-9-,13-12-,19-15-. The summed E-state index contributed by atoms with van der Waals surface area (Å²) in [7, 11) is 0. The van der Waals surface area contributed by atoms with Crippen LogP contribution in [0.4, 0.5) is 0 Å². The van der Waals surface area contributed by atoms with Gasteiger partial charge < -0.3 is 9.84 Å². The van der Waals surface area contributed by atoms with E-state index in [0.717, 1.165) is 89.9 Å². The van der Waals surface area contributed by atoms with Crippen molar-refractivity contribution < 1.29 is 19.4 Å². The van der Waals surface area contributed by atoms with Crippen molar-refractivity contribution in [3.63, 3.8) is 0 Å². The zero-order chi connectivity index (χ0) is 29.9. The van der Waals surface area contributed by atoms with E-state index in [1.807, 2.05) is 0 Å². The van der Waals surface area contributed by atoms with E-state index in [0.29, 0.717) is 19.4 Å². The minimum absolute atomic E-state index is 0.0390. The first kappa shape index (κ1) is 38.6. The molecule has 0 rings (SSSR count). The van der Waals surface area contributed by atoms with Crippen molar-refractivity contribution in [2.45, 2.75) is 155 Å². The van der Waals surface area contributed by atoms with Crippen LogP contribution in [0.3, 0.4) is 0 Å². The molecule has 0 amide bonds. The summed E-state index contributed by atoms with van der Waals surface area (Å²) < 4.78 is 5.39. The normalized spacial score (nSPS) is 12.2. The molecule has 0 aliphatic rings. The van der Waals surface area contributed by atoms with Gasteiger partial charge in [0.1, 0.15) is 0 Å².